The first-order valence-electron chi connectivity index (χ1n) is 8.79. The summed E-state index contributed by atoms with van der Waals surface area (Å²) in [7, 11) is 1.44. The summed E-state index contributed by atoms with van der Waals surface area (Å²) in [5.41, 5.74) is 1.24. The summed E-state index contributed by atoms with van der Waals surface area (Å²) in [4.78, 5) is 16.2. The monoisotopic (exact) mass is 376 g/mol. The van der Waals surface area contributed by atoms with Gasteiger partial charge in [-0.05, 0) is 43.1 Å². The number of hydrogen-bond donors (Lipinski definition) is 3. The number of halogens is 2. The number of aromatic nitrogens is 1. The minimum atomic E-state index is -0.554. The van der Waals surface area contributed by atoms with Crippen LogP contribution in [0.1, 0.15) is 24.0 Å². The van der Waals surface area contributed by atoms with Crippen molar-refractivity contribution in [2.45, 2.75) is 32.0 Å². The standard InChI is InChI=1S/C19H22F2N4O2/c1-27-19-13(11-24-18(26)16-3-2-8-22-16)9-15(21)17(25-19)23-10-12-4-6-14(20)7-5-12/h4-7,9,16,22H,2-3,8,10-11H2,1H3,(H,23,25)(H,24,26)/t16-/m0/s1. The third-order valence-corrected chi connectivity index (χ3v) is 4.41. The molecule has 2 heterocycles. The van der Waals surface area contributed by atoms with E-state index in [2.05, 4.69) is 20.9 Å². The van der Waals surface area contributed by atoms with Crippen molar-refractivity contribution in [3.05, 3.63) is 53.1 Å². The van der Waals surface area contributed by atoms with Crippen LogP contribution >= 0.6 is 0 Å². The van der Waals surface area contributed by atoms with Crippen LogP contribution < -0.4 is 20.7 Å². The van der Waals surface area contributed by atoms with Crippen LogP contribution in [0.5, 0.6) is 5.88 Å². The number of carbonyl (C=O) groups excluding carboxylic acids is 1. The summed E-state index contributed by atoms with van der Waals surface area (Å²) in [5, 5.41) is 8.77. The van der Waals surface area contributed by atoms with Crippen LogP contribution in [0.2, 0.25) is 0 Å². The fourth-order valence-electron chi connectivity index (χ4n) is 2.94. The summed E-state index contributed by atoms with van der Waals surface area (Å²) in [6.07, 6.45) is 1.76. The Bertz CT molecular complexity index is 793. The number of hydrogen-bond acceptors (Lipinski definition) is 5. The fraction of sp³-hybridized carbons (Fsp3) is 0.368. The number of pyridine rings is 1. The molecule has 1 aromatic carbocycles. The molecule has 8 heteroatoms. The van der Waals surface area contributed by atoms with Gasteiger partial charge in [0.2, 0.25) is 11.8 Å². The van der Waals surface area contributed by atoms with Gasteiger partial charge in [0.15, 0.2) is 11.6 Å². The molecule has 0 spiro atoms. The van der Waals surface area contributed by atoms with Gasteiger partial charge in [-0.25, -0.2) is 8.78 Å². The van der Waals surface area contributed by atoms with Crippen LogP contribution in [0.4, 0.5) is 14.6 Å². The van der Waals surface area contributed by atoms with E-state index < -0.39 is 5.82 Å². The van der Waals surface area contributed by atoms with Crippen LogP contribution in [0.25, 0.3) is 0 Å². The van der Waals surface area contributed by atoms with Gasteiger partial charge in [0.25, 0.3) is 0 Å². The Hall–Kier alpha value is -2.74. The van der Waals surface area contributed by atoms with Gasteiger partial charge in [0.1, 0.15) is 5.82 Å². The molecule has 2 aromatic rings. The lowest BCUT2D eigenvalue weighted by atomic mass is 10.2. The second kappa shape index (κ2) is 8.77. The quantitative estimate of drug-likeness (QED) is 0.692. The first-order valence-corrected chi connectivity index (χ1v) is 8.79. The van der Waals surface area contributed by atoms with E-state index in [1.54, 1.807) is 12.1 Å². The third-order valence-electron chi connectivity index (χ3n) is 4.41. The molecule has 3 N–H and O–H groups in total. The Labute approximate surface area is 156 Å². The van der Waals surface area contributed by atoms with E-state index in [9.17, 15) is 13.6 Å². The van der Waals surface area contributed by atoms with Crippen molar-refractivity contribution >= 4 is 11.7 Å². The maximum Gasteiger partial charge on any atom is 0.237 e. The van der Waals surface area contributed by atoms with E-state index in [1.807, 2.05) is 0 Å². The first-order chi connectivity index (χ1) is 13.1. The molecule has 3 rings (SSSR count). The molecule has 1 fully saturated rings. The summed E-state index contributed by atoms with van der Waals surface area (Å²) in [6.45, 7) is 1.24. The van der Waals surface area contributed by atoms with Crippen molar-refractivity contribution in [3.8, 4) is 5.88 Å². The highest BCUT2D eigenvalue weighted by atomic mass is 19.1. The van der Waals surface area contributed by atoms with Crippen molar-refractivity contribution in [2.75, 3.05) is 19.0 Å². The summed E-state index contributed by atoms with van der Waals surface area (Å²) in [5.74, 6) is -0.736. The molecule has 0 radical (unpaired) electrons. The molecular formula is C19H22F2N4O2. The second-order valence-corrected chi connectivity index (χ2v) is 6.33. The van der Waals surface area contributed by atoms with Crippen molar-refractivity contribution in [1.29, 1.82) is 0 Å². The smallest absolute Gasteiger partial charge is 0.237 e. The zero-order chi connectivity index (χ0) is 19.2. The Balaban J connectivity index is 1.64. The zero-order valence-electron chi connectivity index (χ0n) is 15.0. The number of ether oxygens (including phenoxy) is 1. The largest absolute Gasteiger partial charge is 0.481 e. The average molecular weight is 376 g/mol. The number of nitrogens with zero attached hydrogens (tertiary/aromatic N) is 1. The van der Waals surface area contributed by atoms with Gasteiger partial charge in [-0.2, -0.15) is 4.98 Å². The molecule has 1 aliphatic heterocycles. The van der Waals surface area contributed by atoms with Gasteiger partial charge < -0.3 is 20.7 Å². The van der Waals surface area contributed by atoms with E-state index in [4.69, 9.17) is 4.74 Å². The van der Waals surface area contributed by atoms with Gasteiger partial charge in [0, 0.05) is 18.7 Å². The predicted molar refractivity (Wildman–Crippen MR) is 97.3 cm³/mol. The third kappa shape index (κ3) is 4.91. The SMILES string of the molecule is COc1nc(NCc2ccc(F)cc2)c(F)cc1CNC(=O)[C@@H]1CCCN1. The number of nitrogens with one attached hydrogen (secondary N) is 3. The van der Waals surface area contributed by atoms with E-state index in [1.165, 1.54) is 25.3 Å². The Morgan fingerprint density at radius 1 is 1.30 bits per heavy atom. The van der Waals surface area contributed by atoms with Crippen LogP contribution in [-0.2, 0) is 17.9 Å². The summed E-state index contributed by atoms with van der Waals surface area (Å²) >= 11 is 0. The molecule has 0 unspecified atom stereocenters. The maximum absolute atomic E-state index is 14.4. The van der Waals surface area contributed by atoms with Crippen molar-refractivity contribution < 1.29 is 18.3 Å². The molecule has 144 valence electrons. The highest BCUT2D eigenvalue weighted by Crippen LogP contribution is 2.23. The topological polar surface area (TPSA) is 75.3 Å². The average Bonchev–Trinajstić information content (AvgIpc) is 3.21. The number of anilines is 1. The van der Waals surface area contributed by atoms with Gasteiger partial charge >= 0.3 is 0 Å². The lowest BCUT2D eigenvalue weighted by Crippen LogP contribution is -2.40. The molecular weight excluding hydrogens is 354 g/mol. The Kier molecular flexibility index (Phi) is 6.18. The highest BCUT2D eigenvalue weighted by Gasteiger charge is 2.22. The molecule has 1 amide bonds. The van der Waals surface area contributed by atoms with E-state index in [-0.39, 0.29) is 42.6 Å². The van der Waals surface area contributed by atoms with Gasteiger partial charge in [-0.15, -0.1) is 0 Å². The molecule has 0 saturated carbocycles. The minimum Gasteiger partial charge on any atom is -0.481 e. The van der Waals surface area contributed by atoms with Crippen LogP contribution in [0, 0.1) is 11.6 Å². The number of carbonyl (C=O) groups is 1. The van der Waals surface area contributed by atoms with E-state index in [0.717, 1.165) is 24.9 Å². The lowest BCUT2D eigenvalue weighted by Gasteiger charge is -2.14. The normalized spacial score (nSPS) is 16.2. The molecule has 27 heavy (non-hydrogen) atoms. The molecule has 6 nitrogen and oxygen atoms in total. The predicted octanol–water partition coefficient (Wildman–Crippen LogP) is 2.35. The molecule has 1 aromatic heterocycles. The number of amides is 1. The van der Waals surface area contributed by atoms with Crippen molar-refractivity contribution in [3.63, 3.8) is 0 Å². The highest BCUT2D eigenvalue weighted by molar-refractivity contribution is 5.82. The molecule has 1 saturated heterocycles. The number of benzene rings is 1. The molecule has 0 bridgehead atoms. The Morgan fingerprint density at radius 3 is 2.74 bits per heavy atom. The van der Waals surface area contributed by atoms with Gasteiger partial charge in [-0.1, -0.05) is 12.1 Å². The summed E-state index contributed by atoms with van der Waals surface area (Å²) in [6, 6.07) is 6.99. The molecule has 1 atom stereocenters. The van der Waals surface area contributed by atoms with Crippen LogP contribution in [0.15, 0.2) is 30.3 Å². The number of methoxy groups -OCH3 is 1. The minimum absolute atomic E-state index is 0.0312. The zero-order valence-corrected chi connectivity index (χ0v) is 15.0. The first kappa shape index (κ1) is 19.0. The van der Waals surface area contributed by atoms with Crippen LogP contribution in [-0.4, -0.2) is 30.6 Å². The van der Waals surface area contributed by atoms with Crippen molar-refractivity contribution in [2.24, 2.45) is 0 Å². The summed E-state index contributed by atoms with van der Waals surface area (Å²) < 4.78 is 32.6. The van der Waals surface area contributed by atoms with Crippen LogP contribution in [0.3, 0.4) is 0 Å². The van der Waals surface area contributed by atoms with E-state index >= 15 is 0 Å². The van der Waals surface area contributed by atoms with Gasteiger partial charge in [0.05, 0.1) is 13.2 Å². The second-order valence-electron chi connectivity index (χ2n) is 6.33. The lowest BCUT2D eigenvalue weighted by molar-refractivity contribution is -0.122. The molecule has 1 aliphatic rings. The molecule has 0 aliphatic carbocycles. The fourth-order valence-corrected chi connectivity index (χ4v) is 2.94. The number of rotatable bonds is 7. The van der Waals surface area contributed by atoms with Crippen molar-refractivity contribution in [1.82, 2.24) is 15.6 Å². The Morgan fingerprint density at radius 2 is 2.07 bits per heavy atom. The van der Waals surface area contributed by atoms with E-state index in [0.29, 0.717) is 5.56 Å². The maximum atomic E-state index is 14.4. The van der Waals surface area contributed by atoms with Gasteiger partial charge in [-0.3, -0.25) is 4.79 Å².